The predicted molar refractivity (Wildman–Crippen MR) is 85.5 cm³/mol. The van der Waals surface area contributed by atoms with Crippen LogP contribution in [0.15, 0.2) is 27.1 Å². The number of hydrogen-bond acceptors (Lipinski definition) is 2. The SMILES string of the molecule is CCCCCCCCOC(=O)c1cc(Br)cc(Br)c1. The minimum Gasteiger partial charge on any atom is -0.462 e. The van der Waals surface area contributed by atoms with E-state index in [4.69, 9.17) is 4.74 Å². The van der Waals surface area contributed by atoms with E-state index in [0.717, 1.165) is 21.8 Å². The Kier molecular flexibility index (Phi) is 8.38. The molecule has 1 aromatic carbocycles. The molecule has 0 saturated heterocycles. The van der Waals surface area contributed by atoms with Crippen LogP contribution in [0.1, 0.15) is 55.8 Å². The standard InChI is InChI=1S/C15H20Br2O2/c1-2-3-4-5-6-7-8-19-15(18)12-9-13(16)11-14(17)10-12/h9-11H,2-8H2,1H3. The topological polar surface area (TPSA) is 26.3 Å². The highest BCUT2D eigenvalue weighted by Gasteiger charge is 2.08. The van der Waals surface area contributed by atoms with Crippen molar-refractivity contribution < 1.29 is 9.53 Å². The first-order chi connectivity index (χ1) is 9.13. The number of unbranched alkanes of at least 4 members (excludes halogenated alkanes) is 5. The van der Waals surface area contributed by atoms with Gasteiger partial charge in [-0.15, -0.1) is 0 Å². The summed E-state index contributed by atoms with van der Waals surface area (Å²) in [7, 11) is 0. The molecule has 106 valence electrons. The molecule has 0 aliphatic heterocycles. The molecule has 0 spiro atoms. The van der Waals surface area contributed by atoms with E-state index in [9.17, 15) is 4.79 Å². The number of halogens is 2. The molecule has 0 saturated carbocycles. The van der Waals surface area contributed by atoms with E-state index in [1.807, 2.05) is 6.07 Å². The summed E-state index contributed by atoms with van der Waals surface area (Å²) < 4.78 is 7.00. The molecule has 4 heteroatoms. The first-order valence-corrected chi connectivity index (χ1v) is 8.35. The van der Waals surface area contributed by atoms with Crippen LogP contribution in [0.5, 0.6) is 0 Å². The third kappa shape index (κ3) is 7.11. The summed E-state index contributed by atoms with van der Waals surface area (Å²) in [6.07, 6.45) is 7.15. The summed E-state index contributed by atoms with van der Waals surface area (Å²) in [4.78, 5) is 11.8. The average molecular weight is 392 g/mol. The Morgan fingerprint density at radius 3 is 2.21 bits per heavy atom. The van der Waals surface area contributed by atoms with Gasteiger partial charge in [-0.3, -0.25) is 0 Å². The Balaban J connectivity index is 2.24. The van der Waals surface area contributed by atoms with Gasteiger partial charge in [-0.25, -0.2) is 4.79 Å². The van der Waals surface area contributed by atoms with Crippen LogP contribution >= 0.6 is 31.9 Å². The third-order valence-electron chi connectivity index (χ3n) is 2.83. The van der Waals surface area contributed by atoms with Crippen LogP contribution in [0.3, 0.4) is 0 Å². The summed E-state index contributed by atoms with van der Waals surface area (Å²) in [6.45, 7) is 2.72. The van der Waals surface area contributed by atoms with Gasteiger partial charge in [-0.1, -0.05) is 70.9 Å². The maximum atomic E-state index is 11.8. The summed E-state index contributed by atoms with van der Waals surface area (Å²) in [6, 6.07) is 5.44. The fraction of sp³-hybridized carbons (Fsp3) is 0.533. The fourth-order valence-electron chi connectivity index (χ4n) is 1.80. The van der Waals surface area contributed by atoms with Crippen LogP contribution in [0.2, 0.25) is 0 Å². The maximum absolute atomic E-state index is 11.8. The summed E-state index contributed by atoms with van der Waals surface area (Å²) in [5.74, 6) is -0.254. The van der Waals surface area contributed by atoms with E-state index in [2.05, 4.69) is 38.8 Å². The Bertz CT molecular complexity index is 385. The van der Waals surface area contributed by atoms with Crippen LogP contribution in [-0.2, 0) is 4.74 Å². The molecule has 0 N–H and O–H groups in total. The van der Waals surface area contributed by atoms with E-state index in [1.165, 1.54) is 25.7 Å². The normalized spacial score (nSPS) is 10.5. The van der Waals surface area contributed by atoms with Crippen molar-refractivity contribution in [2.75, 3.05) is 6.61 Å². The Labute approximate surface area is 132 Å². The lowest BCUT2D eigenvalue weighted by molar-refractivity contribution is 0.0497. The summed E-state index contributed by atoms with van der Waals surface area (Å²) in [5.41, 5.74) is 0.576. The van der Waals surface area contributed by atoms with Crippen LogP contribution < -0.4 is 0 Å². The molecule has 1 aromatic rings. The van der Waals surface area contributed by atoms with Crippen molar-refractivity contribution in [3.05, 3.63) is 32.7 Å². The number of hydrogen-bond donors (Lipinski definition) is 0. The van der Waals surface area contributed by atoms with E-state index >= 15 is 0 Å². The smallest absolute Gasteiger partial charge is 0.338 e. The lowest BCUT2D eigenvalue weighted by Gasteiger charge is -2.06. The van der Waals surface area contributed by atoms with Gasteiger partial charge in [0.05, 0.1) is 12.2 Å². The van der Waals surface area contributed by atoms with Crippen molar-refractivity contribution in [3.8, 4) is 0 Å². The zero-order chi connectivity index (χ0) is 14.1. The first-order valence-electron chi connectivity index (χ1n) is 6.76. The van der Waals surface area contributed by atoms with Gasteiger partial charge in [0.25, 0.3) is 0 Å². The molecule has 1 rings (SSSR count). The monoisotopic (exact) mass is 390 g/mol. The van der Waals surface area contributed by atoms with Gasteiger partial charge in [-0.05, 0) is 24.6 Å². The van der Waals surface area contributed by atoms with E-state index in [0.29, 0.717) is 12.2 Å². The van der Waals surface area contributed by atoms with Crippen molar-refractivity contribution in [2.45, 2.75) is 45.4 Å². The van der Waals surface area contributed by atoms with Crippen LogP contribution in [0.25, 0.3) is 0 Å². The Hall–Kier alpha value is -0.350. The van der Waals surface area contributed by atoms with E-state index in [-0.39, 0.29) is 5.97 Å². The van der Waals surface area contributed by atoms with Crippen LogP contribution in [-0.4, -0.2) is 12.6 Å². The number of esters is 1. The van der Waals surface area contributed by atoms with Crippen molar-refractivity contribution in [1.82, 2.24) is 0 Å². The van der Waals surface area contributed by atoms with Crippen molar-refractivity contribution in [1.29, 1.82) is 0 Å². The molecule has 2 nitrogen and oxygen atoms in total. The van der Waals surface area contributed by atoms with Gasteiger partial charge in [-0.2, -0.15) is 0 Å². The summed E-state index contributed by atoms with van der Waals surface area (Å²) in [5, 5.41) is 0. The second kappa shape index (κ2) is 9.54. The summed E-state index contributed by atoms with van der Waals surface area (Å²) >= 11 is 6.72. The molecule has 0 aromatic heterocycles. The van der Waals surface area contributed by atoms with E-state index < -0.39 is 0 Å². The predicted octanol–water partition coefficient (Wildman–Crippen LogP) is 5.73. The number of benzene rings is 1. The van der Waals surface area contributed by atoms with Gasteiger partial charge in [0, 0.05) is 8.95 Å². The molecule has 0 unspecified atom stereocenters. The highest BCUT2D eigenvalue weighted by atomic mass is 79.9. The van der Waals surface area contributed by atoms with Crippen LogP contribution in [0.4, 0.5) is 0 Å². The quantitative estimate of drug-likeness (QED) is 0.417. The lowest BCUT2D eigenvalue weighted by Crippen LogP contribution is -2.06. The second-order valence-corrected chi connectivity index (χ2v) is 6.39. The van der Waals surface area contributed by atoms with Gasteiger partial charge in [0.15, 0.2) is 0 Å². The number of rotatable bonds is 8. The first kappa shape index (κ1) is 16.7. The molecule has 19 heavy (non-hydrogen) atoms. The average Bonchev–Trinajstić information content (AvgIpc) is 2.36. The largest absolute Gasteiger partial charge is 0.462 e. The molecule has 0 amide bonds. The minimum absolute atomic E-state index is 0.254. The number of carbonyl (C=O) groups is 1. The molecule has 0 atom stereocenters. The highest BCUT2D eigenvalue weighted by molar-refractivity contribution is 9.11. The molecular formula is C15H20Br2O2. The maximum Gasteiger partial charge on any atom is 0.338 e. The van der Waals surface area contributed by atoms with Crippen molar-refractivity contribution >= 4 is 37.8 Å². The van der Waals surface area contributed by atoms with Gasteiger partial charge in [0.1, 0.15) is 0 Å². The van der Waals surface area contributed by atoms with Gasteiger partial charge < -0.3 is 4.74 Å². The highest BCUT2D eigenvalue weighted by Crippen LogP contribution is 2.20. The molecule has 0 bridgehead atoms. The van der Waals surface area contributed by atoms with Gasteiger partial charge in [0.2, 0.25) is 0 Å². The van der Waals surface area contributed by atoms with Crippen molar-refractivity contribution in [2.24, 2.45) is 0 Å². The molecule has 0 fully saturated rings. The molecule has 0 radical (unpaired) electrons. The van der Waals surface area contributed by atoms with E-state index in [1.54, 1.807) is 12.1 Å². The second-order valence-electron chi connectivity index (χ2n) is 4.56. The molecule has 0 heterocycles. The number of carbonyl (C=O) groups excluding carboxylic acids is 1. The third-order valence-corrected chi connectivity index (χ3v) is 3.74. The van der Waals surface area contributed by atoms with Gasteiger partial charge >= 0.3 is 5.97 Å². The Morgan fingerprint density at radius 2 is 1.58 bits per heavy atom. The molecule has 0 aliphatic carbocycles. The zero-order valence-electron chi connectivity index (χ0n) is 11.3. The van der Waals surface area contributed by atoms with Crippen LogP contribution in [0, 0.1) is 0 Å². The lowest BCUT2D eigenvalue weighted by atomic mass is 10.1. The fourth-order valence-corrected chi connectivity index (χ4v) is 3.10. The zero-order valence-corrected chi connectivity index (χ0v) is 14.4. The molecule has 0 aliphatic rings. The Morgan fingerprint density at radius 1 is 1.00 bits per heavy atom. The number of ether oxygens (including phenoxy) is 1. The molecular weight excluding hydrogens is 372 g/mol. The van der Waals surface area contributed by atoms with Crippen molar-refractivity contribution in [3.63, 3.8) is 0 Å². The minimum atomic E-state index is -0.254.